The van der Waals surface area contributed by atoms with Crippen molar-refractivity contribution < 1.29 is 14.3 Å². The van der Waals surface area contributed by atoms with Gasteiger partial charge in [-0.2, -0.15) is 5.10 Å². The van der Waals surface area contributed by atoms with Gasteiger partial charge in [-0.1, -0.05) is 38.1 Å². The average molecular weight is 434 g/mol. The van der Waals surface area contributed by atoms with Crippen LogP contribution in [0.5, 0.6) is 11.5 Å². The lowest BCUT2D eigenvalue weighted by atomic mass is 9.74. The molecule has 4 rings (SSSR count). The molecule has 1 heterocycles. The first-order valence-corrected chi connectivity index (χ1v) is 10.9. The smallest absolute Gasteiger partial charge is 0.224 e. The first-order chi connectivity index (χ1) is 15.3. The molecule has 6 nitrogen and oxygen atoms in total. The average Bonchev–Trinajstić information content (AvgIpc) is 3.16. The predicted molar refractivity (Wildman–Crippen MR) is 125 cm³/mol. The van der Waals surface area contributed by atoms with E-state index in [4.69, 9.17) is 14.6 Å². The molecule has 0 bridgehead atoms. The largest absolute Gasteiger partial charge is 0.493 e. The Hall–Kier alpha value is -3.28. The highest BCUT2D eigenvalue weighted by atomic mass is 16.5. The van der Waals surface area contributed by atoms with Crippen molar-refractivity contribution in [2.24, 2.45) is 5.41 Å². The highest BCUT2D eigenvalue weighted by molar-refractivity contribution is 5.79. The van der Waals surface area contributed by atoms with E-state index >= 15 is 0 Å². The van der Waals surface area contributed by atoms with Crippen LogP contribution < -0.4 is 14.8 Å². The van der Waals surface area contributed by atoms with E-state index < -0.39 is 0 Å². The molecular formula is C26H31N3O3. The van der Waals surface area contributed by atoms with Crippen molar-refractivity contribution in [2.45, 2.75) is 46.1 Å². The summed E-state index contributed by atoms with van der Waals surface area (Å²) in [5, 5.41) is 7.97. The molecule has 0 unspecified atom stereocenters. The van der Waals surface area contributed by atoms with Crippen LogP contribution in [-0.2, 0) is 17.6 Å². The molecule has 1 aliphatic rings. The zero-order valence-corrected chi connectivity index (χ0v) is 19.4. The lowest BCUT2D eigenvalue weighted by Crippen LogP contribution is -2.37. The number of aryl methyl sites for hydroxylation is 1. The second-order valence-corrected chi connectivity index (χ2v) is 9.28. The third-order valence-corrected chi connectivity index (χ3v) is 6.17. The molecule has 0 radical (unpaired) electrons. The second-order valence-electron chi connectivity index (χ2n) is 9.28. The minimum atomic E-state index is -0.0702. The van der Waals surface area contributed by atoms with Crippen LogP contribution in [0.15, 0.2) is 48.7 Å². The third kappa shape index (κ3) is 4.35. The Morgan fingerprint density at radius 2 is 1.91 bits per heavy atom. The quantitative estimate of drug-likeness (QED) is 0.618. The van der Waals surface area contributed by atoms with Crippen LogP contribution in [0.1, 0.15) is 48.7 Å². The number of nitrogens with zero attached hydrogens (tertiary/aromatic N) is 2. The first-order valence-electron chi connectivity index (χ1n) is 10.9. The summed E-state index contributed by atoms with van der Waals surface area (Å²) in [5.74, 6) is 1.26. The highest BCUT2D eigenvalue weighted by Crippen LogP contribution is 2.41. The molecule has 0 fully saturated rings. The summed E-state index contributed by atoms with van der Waals surface area (Å²) >= 11 is 0. The lowest BCUT2D eigenvalue weighted by molar-refractivity contribution is -0.121. The minimum Gasteiger partial charge on any atom is -0.493 e. The molecule has 3 aromatic rings. The number of benzene rings is 2. The van der Waals surface area contributed by atoms with E-state index in [-0.39, 0.29) is 23.8 Å². The van der Waals surface area contributed by atoms with Crippen molar-refractivity contribution in [3.05, 3.63) is 71.0 Å². The lowest BCUT2D eigenvalue weighted by Gasteiger charge is -2.36. The van der Waals surface area contributed by atoms with Gasteiger partial charge in [-0.3, -0.25) is 4.79 Å². The van der Waals surface area contributed by atoms with E-state index in [2.05, 4.69) is 38.2 Å². The molecule has 0 saturated carbocycles. The molecule has 0 saturated heterocycles. The van der Waals surface area contributed by atoms with E-state index in [0.29, 0.717) is 11.5 Å². The molecule has 0 spiro atoms. The molecular weight excluding hydrogens is 402 g/mol. The monoisotopic (exact) mass is 433 g/mol. The molecule has 2 aromatic carbocycles. The Morgan fingerprint density at radius 3 is 2.62 bits per heavy atom. The molecule has 168 valence electrons. The third-order valence-electron chi connectivity index (χ3n) is 6.17. The van der Waals surface area contributed by atoms with Crippen molar-refractivity contribution in [3.8, 4) is 17.2 Å². The number of fused-ring (bicyclic) bond motifs is 1. The van der Waals surface area contributed by atoms with Gasteiger partial charge in [0.1, 0.15) is 0 Å². The Balaban J connectivity index is 1.58. The topological polar surface area (TPSA) is 65.4 Å². The van der Waals surface area contributed by atoms with Crippen LogP contribution in [0, 0.1) is 12.3 Å². The molecule has 6 heteroatoms. The van der Waals surface area contributed by atoms with Gasteiger partial charge in [-0.25, -0.2) is 4.68 Å². The van der Waals surface area contributed by atoms with Crippen LogP contribution in [-0.4, -0.2) is 29.9 Å². The molecule has 32 heavy (non-hydrogen) atoms. The fourth-order valence-corrected chi connectivity index (χ4v) is 4.60. The summed E-state index contributed by atoms with van der Waals surface area (Å²) in [5.41, 5.74) is 5.47. The number of carbonyl (C=O) groups is 1. The number of hydrogen-bond acceptors (Lipinski definition) is 4. The Kier molecular flexibility index (Phi) is 5.96. The molecule has 0 aliphatic heterocycles. The molecule has 1 aliphatic carbocycles. The summed E-state index contributed by atoms with van der Waals surface area (Å²) in [6.07, 6.45) is 3.98. The van der Waals surface area contributed by atoms with Gasteiger partial charge in [0.05, 0.1) is 44.3 Å². The van der Waals surface area contributed by atoms with Crippen LogP contribution in [0.25, 0.3) is 5.69 Å². The fraction of sp³-hybridized carbons (Fsp3) is 0.385. The zero-order valence-electron chi connectivity index (χ0n) is 19.4. The van der Waals surface area contributed by atoms with E-state index in [1.54, 1.807) is 14.2 Å². The Bertz CT molecular complexity index is 1130. The maximum atomic E-state index is 13.0. The normalized spacial score (nSPS) is 16.8. The number of carbonyl (C=O) groups excluding carboxylic acids is 1. The van der Waals surface area contributed by atoms with Crippen LogP contribution in [0.3, 0.4) is 0 Å². The van der Waals surface area contributed by atoms with Gasteiger partial charge in [-0.15, -0.1) is 0 Å². The maximum absolute atomic E-state index is 13.0. The van der Waals surface area contributed by atoms with Crippen molar-refractivity contribution in [2.75, 3.05) is 14.2 Å². The summed E-state index contributed by atoms with van der Waals surface area (Å²) in [6.45, 7) is 6.59. The van der Waals surface area contributed by atoms with Gasteiger partial charge < -0.3 is 14.8 Å². The number of methoxy groups -OCH3 is 2. The number of amides is 1. The first kappa shape index (κ1) is 21.9. The highest BCUT2D eigenvalue weighted by Gasteiger charge is 2.36. The Morgan fingerprint density at radius 1 is 1.16 bits per heavy atom. The van der Waals surface area contributed by atoms with E-state index in [0.717, 1.165) is 29.7 Å². The summed E-state index contributed by atoms with van der Waals surface area (Å²) in [4.78, 5) is 13.0. The molecule has 1 amide bonds. The number of rotatable bonds is 6. The second kappa shape index (κ2) is 8.69. The van der Waals surface area contributed by atoms with Gasteiger partial charge in [0.15, 0.2) is 11.5 Å². The summed E-state index contributed by atoms with van der Waals surface area (Å²) < 4.78 is 12.7. The van der Waals surface area contributed by atoms with Crippen LogP contribution in [0.4, 0.5) is 0 Å². The van der Waals surface area contributed by atoms with Crippen molar-refractivity contribution >= 4 is 5.91 Å². The van der Waals surface area contributed by atoms with E-state index in [1.807, 2.05) is 41.2 Å². The maximum Gasteiger partial charge on any atom is 0.224 e. The van der Waals surface area contributed by atoms with Gasteiger partial charge in [0.25, 0.3) is 0 Å². The van der Waals surface area contributed by atoms with Crippen LogP contribution >= 0.6 is 0 Å². The van der Waals surface area contributed by atoms with Crippen molar-refractivity contribution in [3.63, 3.8) is 0 Å². The number of nitrogens with one attached hydrogen (secondary N) is 1. The SMILES string of the molecule is COc1ccc(CC(=O)N[C@@H]2CC(C)(C)Cc3c2cnn3-c2ccccc2C)cc1OC. The summed E-state index contributed by atoms with van der Waals surface area (Å²) in [6, 6.07) is 13.8. The van der Waals surface area contributed by atoms with E-state index in [1.165, 1.54) is 11.3 Å². The Labute approximate surface area is 189 Å². The van der Waals surface area contributed by atoms with Gasteiger partial charge in [-0.05, 0) is 54.5 Å². The number of aromatic nitrogens is 2. The fourth-order valence-electron chi connectivity index (χ4n) is 4.60. The molecule has 1 atom stereocenters. The number of ether oxygens (including phenoxy) is 2. The van der Waals surface area contributed by atoms with Crippen molar-refractivity contribution in [1.29, 1.82) is 0 Å². The number of hydrogen-bond donors (Lipinski definition) is 1. The molecule has 1 N–H and O–H groups in total. The number of para-hydroxylation sites is 1. The molecule has 1 aromatic heterocycles. The van der Waals surface area contributed by atoms with Crippen molar-refractivity contribution in [1.82, 2.24) is 15.1 Å². The van der Waals surface area contributed by atoms with Crippen LogP contribution in [0.2, 0.25) is 0 Å². The van der Waals surface area contributed by atoms with Gasteiger partial charge >= 0.3 is 0 Å². The van der Waals surface area contributed by atoms with Gasteiger partial charge in [0, 0.05) is 5.56 Å². The van der Waals surface area contributed by atoms with E-state index in [9.17, 15) is 4.79 Å². The predicted octanol–water partition coefficient (Wildman–Crippen LogP) is 4.57. The van der Waals surface area contributed by atoms with Gasteiger partial charge in [0.2, 0.25) is 5.91 Å². The zero-order chi connectivity index (χ0) is 22.9. The standard InChI is InChI=1S/C26H31N3O3/c1-17-8-6-7-9-21(17)29-22-15-26(2,3)14-20(19(22)16-27-29)28-25(30)13-18-10-11-23(31-4)24(12-18)32-5/h6-12,16,20H,13-15H2,1-5H3,(H,28,30)/t20-/m1/s1. The summed E-state index contributed by atoms with van der Waals surface area (Å²) in [7, 11) is 3.20. The minimum absolute atomic E-state index is 0.0190.